The molecule has 0 saturated heterocycles. The van der Waals surface area contributed by atoms with Crippen LogP contribution in [0.2, 0.25) is 0 Å². The van der Waals surface area contributed by atoms with E-state index in [0.29, 0.717) is 13.0 Å². The fourth-order valence-electron chi connectivity index (χ4n) is 3.27. The molecule has 1 aromatic rings. The number of amides is 2. The molecule has 0 saturated carbocycles. The van der Waals surface area contributed by atoms with Crippen LogP contribution in [0.25, 0.3) is 0 Å². The molecule has 0 aliphatic carbocycles. The second kappa shape index (κ2) is 7.55. The minimum atomic E-state index is -0.383. The van der Waals surface area contributed by atoms with E-state index in [4.69, 9.17) is 9.47 Å². The predicted molar refractivity (Wildman–Crippen MR) is 92.3 cm³/mol. The van der Waals surface area contributed by atoms with E-state index in [-0.39, 0.29) is 24.3 Å². The number of aryl methyl sites for hydroxylation is 1. The van der Waals surface area contributed by atoms with Gasteiger partial charge < -0.3 is 14.4 Å². The van der Waals surface area contributed by atoms with Crippen molar-refractivity contribution < 1.29 is 19.1 Å². The number of fused-ring (bicyclic) bond motifs is 1. The first-order chi connectivity index (χ1) is 11.4. The average molecular weight is 334 g/mol. The van der Waals surface area contributed by atoms with Crippen LogP contribution in [0.15, 0.2) is 18.2 Å². The van der Waals surface area contributed by atoms with E-state index in [1.807, 2.05) is 32.0 Å². The molecule has 0 fully saturated rings. The summed E-state index contributed by atoms with van der Waals surface area (Å²) in [6.45, 7) is 6.16. The first-order valence-electron chi connectivity index (χ1n) is 8.31. The number of nitrogens with zero attached hydrogens (tertiary/aromatic N) is 2. The van der Waals surface area contributed by atoms with Crippen molar-refractivity contribution in [2.45, 2.75) is 45.7 Å². The van der Waals surface area contributed by atoms with Crippen molar-refractivity contribution >= 4 is 17.9 Å². The smallest absolute Gasteiger partial charge is 0.414 e. The van der Waals surface area contributed by atoms with Crippen molar-refractivity contribution in [3.63, 3.8) is 0 Å². The van der Waals surface area contributed by atoms with Gasteiger partial charge in [0.2, 0.25) is 0 Å². The molecule has 6 nitrogen and oxygen atoms in total. The number of anilines is 1. The fourth-order valence-corrected chi connectivity index (χ4v) is 3.27. The summed E-state index contributed by atoms with van der Waals surface area (Å²) in [6.07, 6.45) is 0.704. The molecule has 0 unspecified atom stereocenters. The maximum Gasteiger partial charge on any atom is 0.414 e. The lowest BCUT2D eigenvalue weighted by atomic mass is 9.88. The summed E-state index contributed by atoms with van der Waals surface area (Å²) in [4.78, 5) is 27.8. The number of carbonyl (C=O) groups excluding carboxylic acids is 2. The van der Waals surface area contributed by atoms with Crippen LogP contribution < -0.4 is 4.90 Å². The molecule has 1 aliphatic rings. The van der Waals surface area contributed by atoms with Crippen LogP contribution >= 0.6 is 0 Å². The zero-order chi connectivity index (χ0) is 17.9. The Hall–Kier alpha value is -2.24. The van der Waals surface area contributed by atoms with Gasteiger partial charge in [0.05, 0.1) is 25.4 Å². The minimum absolute atomic E-state index is 0.0311. The van der Waals surface area contributed by atoms with E-state index >= 15 is 0 Å². The quantitative estimate of drug-likeness (QED) is 0.842. The molecule has 2 rings (SSSR count). The highest BCUT2D eigenvalue weighted by molar-refractivity contribution is 5.90. The Morgan fingerprint density at radius 1 is 1.33 bits per heavy atom. The number of rotatable bonds is 3. The first kappa shape index (κ1) is 18.1. The van der Waals surface area contributed by atoms with Crippen LogP contribution in [0.5, 0.6) is 0 Å². The van der Waals surface area contributed by atoms with Crippen molar-refractivity contribution in [3.05, 3.63) is 29.3 Å². The Labute approximate surface area is 143 Å². The zero-order valence-electron chi connectivity index (χ0n) is 15.0. The number of hydrogen-bond donors (Lipinski definition) is 0. The van der Waals surface area contributed by atoms with Crippen molar-refractivity contribution in [1.82, 2.24) is 4.90 Å². The Morgan fingerprint density at radius 3 is 2.62 bits per heavy atom. The predicted octanol–water partition coefficient (Wildman–Crippen LogP) is 3.88. The van der Waals surface area contributed by atoms with Gasteiger partial charge in [-0.2, -0.15) is 0 Å². The monoisotopic (exact) mass is 334 g/mol. The second-order valence-electron chi connectivity index (χ2n) is 6.03. The van der Waals surface area contributed by atoms with E-state index in [9.17, 15) is 9.59 Å². The van der Waals surface area contributed by atoms with Gasteiger partial charge in [0.15, 0.2) is 0 Å². The third-order valence-electron chi connectivity index (χ3n) is 4.53. The Bertz CT molecular complexity index is 617. The summed E-state index contributed by atoms with van der Waals surface area (Å²) in [7, 11) is 3.11. The third kappa shape index (κ3) is 3.32. The summed E-state index contributed by atoms with van der Waals surface area (Å²) < 4.78 is 10.1. The lowest BCUT2D eigenvalue weighted by molar-refractivity contribution is 0.110. The average Bonchev–Trinajstić information content (AvgIpc) is 2.58. The van der Waals surface area contributed by atoms with E-state index < -0.39 is 0 Å². The molecule has 1 aliphatic heterocycles. The molecule has 0 radical (unpaired) electrons. The maximum atomic E-state index is 12.5. The molecule has 24 heavy (non-hydrogen) atoms. The highest BCUT2D eigenvalue weighted by Gasteiger charge is 2.39. The summed E-state index contributed by atoms with van der Waals surface area (Å²) in [6, 6.07) is 5.76. The van der Waals surface area contributed by atoms with Gasteiger partial charge in [0.1, 0.15) is 0 Å². The number of methoxy groups -OCH3 is 1. The molecule has 2 amide bonds. The van der Waals surface area contributed by atoms with Crippen molar-refractivity contribution in [3.8, 4) is 0 Å². The molecule has 132 valence electrons. The van der Waals surface area contributed by atoms with Gasteiger partial charge in [-0.15, -0.1) is 0 Å². The molecule has 1 aromatic carbocycles. The van der Waals surface area contributed by atoms with Crippen molar-refractivity contribution in [2.75, 3.05) is 25.7 Å². The van der Waals surface area contributed by atoms with E-state index in [1.165, 1.54) is 7.11 Å². The first-order valence-corrected chi connectivity index (χ1v) is 8.31. The number of ether oxygens (including phenoxy) is 2. The number of hydrogen-bond acceptors (Lipinski definition) is 4. The van der Waals surface area contributed by atoms with Crippen LogP contribution in [-0.2, 0) is 9.47 Å². The summed E-state index contributed by atoms with van der Waals surface area (Å²) in [5.41, 5.74) is 2.83. The summed E-state index contributed by atoms with van der Waals surface area (Å²) >= 11 is 0. The van der Waals surface area contributed by atoms with Crippen LogP contribution in [0, 0.1) is 6.92 Å². The van der Waals surface area contributed by atoms with Crippen LogP contribution in [0.1, 0.15) is 43.9 Å². The van der Waals surface area contributed by atoms with E-state index in [0.717, 1.165) is 23.2 Å². The van der Waals surface area contributed by atoms with Gasteiger partial charge in [0, 0.05) is 13.1 Å². The Balaban J connectivity index is 2.51. The van der Waals surface area contributed by atoms with Gasteiger partial charge in [-0.1, -0.05) is 24.6 Å². The normalized spacial score (nSPS) is 19.5. The largest absolute Gasteiger partial charge is 0.453 e. The number of benzene rings is 1. The van der Waals surface area contributed by atoms with Crippen LogP contribution in [0.4, 0.5) is 15.3 Å². The van der Waals surface area contributed by atoms with Crippen LogP contribution in [-0.4, -0.2) is 43.9 Å². The molecule has 2 atom stereocenters. The molecule has 1 heterocycles. The van der Waals surface area contributed by atoms with Gasteiger partial charge in [-0.3, -0.25) is 4.90 Å². The lowest BCUT2D eigenvalue weighted by Crippen LogP contribution is -2.48. The maximum absolute atomic E-state index is 12.5. The summed E-state index contributed by atoms with van der Waals surface area (Å²) in [5, 5.41) is 0. The van der Waals surface area contributed by atoms with Gasteiger partial charge in [0.25, 0.3) is 0 Å². The highest BCUT2D eigenvalue weighted by atomic mass is 16.6. The molecular weight excluding hydrogens is 308 g/mol. The molecule has 0 bridgehead atoms. The lowest BCUT2D eigenvalue weighted by Gasteiger charge is -2.42. The number of carbonyl (C=O) groups is 2. The van der Waals surface area contributed by atoms with Crippen molar-refractivity contribution in [1.29, 1.82) is 0 Å². The van der Waals surface area contributed by atoms with E-state index in [2.05, 4.69) is 0 Å². The summed E-state index contributed by atoms with van der Waals surface area (Å²) in [5.74, 6) is 0. The molecule has 0 N–H and O–H groups in total. The third-order valence-corrected chi connectivity index (χ3v) is 4.53. The Morgan fingerprint density at radius 2 is 2.04 bits per heavy atom. The highest BCUT2D eigenvalue weighted by Crippen LogP contribution is 2.41. The zero-order valence-corrected chi connectivity index (χ0v) is 15.0. The van der Waals surface area contributed by atoms with E-state index in [1.54, 1.807) is 23.8 Å². The van der Waals surface area contributed by atoms with Gasteiger partial charge >= 0.3 is 12.2 Å². The SMILES string of the molecule is CCOC(=O)N1c2ccc(C)cc2[C@@H](N(C)C(=O)OC)C[C@H]1CC. The Kier molecular flexibility index (Phi) is 5.70. The van der Waals surface area contributed by atoms with Crippen molar-refractivity contribution in [2.24, 2.45) is 0 Å². The van der Waals surface area contributed by atoms with Crippen LogP contribution in [0.3, 0.4) is 0 Å². The molecule has 0 spiro atoms. The topological polar surface area (TPSA) is 59.1 Å². The molecular formula is C18H26N2O4. The molecule has 6 heteroatoms. The van der Waals surface area contributed by atoms with Gasteiger partial charge in [-0.25, -0.2) is 9.59 Å². The van der Waals surface area contributed by atoms with Gasteiger partial charge in [-0.05, 0) is 38.3 Å². The second-order valence-corrected chi connectivity index (χ2v) is 6.03. The standard InChI is InChI=1S/C18H26N2O4/c1-6-13-11-16(19(4)17(21)23-5)14-10-12(3)8-9-15(14)20(13)18(22)24-7-2/h8-10,13,16H,6-7,11H2,1-5H3/t13-,16+/m1/s1. The minimum Gasteiger partial charge on any atom is -0.453 e. The molecule has 0 aromatic heterocycles. The fraction of sp³-hybridized carbons (Fsp3) is 0.556.